The third-order valence-corrected chi connectivity index (χ3v) is 3.13. The van der Waals surface area contributed by atoms with Crippen LogP contribution in [0, 0.1) is 0 Å². The van der Waals surface area contributed by atoms with Crippen molar-refractivity contribution in [3.63, 3.8) is 0 Å². The topological polar surface area (TPSA) is 75.4 Å². The third kappa shape index (κ3) is 2.31. The molecule has 1 atom stereocenters. The Morgan fingerprint density at radius 2 is 2.15 bits per heavy atom. The molecule has 2 N–H and O–H groups in total. The zero-order valence-electron chi connectivity index (χ0n) is 7.27. The zero-order chi connectivity index (χ0) is 9.90. The van der Waals surface area contributed by atoms with Crippen LogP contribution in [0.2, 0.25) is 0 Å². The molecule has 1 aromatic rings. The highest BCUT2D eigenvalue weighted by molar-refractivity contribution is 7.60. The molecule has 0 aromatic heterocycles. The molecule has 0 spiro atoms. The molecule has 0 amide bonds. The van der Waals surface area contributed by atoms with E-state index in [-0.39, 0.29) is 17.6 Å². The van der Waals surface area contributed by atoms with E-state index in [4.69, 9.17) is 5.73 Å². The van der Waals surface area contributed by atoms with Crippen molar-refractivity contribution in [3.05, 3.63) is 24.3 Å². The predicted octanol–water partition coefficient (Wildman–Crippen LogP) is 0.484. The molecular formula is C8H11NO3P-. The quantitative estimate of drug-likeness (QED) is 0.568. The molecule has 0 heterocycles. The summed E-state index contributed by atoms with van der Waals surface area (Å²) in [6.45, 7) is 1.73. The largest absolute Gasteiger partial charge is 0.775 e. The molecular weight excluding hydrogens is 189 g/mol. The number of hydrogen-bond donors (Lipinski definition) is 1. The third-order valence-electron chi connectivity index (χ3n) is 1.53. The SMILES string of the molecule is CCOP(=O)([O-])c1ccccc1N. The van der Waals surface area contributed by atoms with Gasteiger partial charge >= 0.3 is 0 Å². The smallest absolute Gasteiger partial charge is 0.167 e. The van der Waals surface area contributed by atoms with Gasteiger partial charge in [-0.1, -0.05) is 12.1 Å². The summed E-state index contributed by atoms with van der Waals surface area (Å²) in [7, 11) is -3.96. The number of nitrogens with two attached hydrogens (primary N) is 1. The molecule has 0 aliphatic carbocycles. The van der Waals surface area contributed by atoms with Crippen LogP contribution in [0.4, 0.5) is 5.69 Å². The van der Waals surface area contributed by atoms with E-state index in [1.54, 1.807) is 19.1 Å². The van der Waals surface area contributed by atoms with Gasteiger partial charge in [-0.2, -0.15) is 0 Å². The summed E-state index contributed by atoms with van der Waals surface area (Å²) in [4.78, 5) is 11.4. The second-order valence-electron chi connectivity index (χ2n) is 2.47. The van der Waals surface area contributed by atoms with Crippen molar-refractivity contribution in [2.75, 3.05) is 12.3 Å². The van der Waals surface area contributed by atoms with Crippen molar-refractivity contribution in [1.82, 2.24) is 0 Å². The van der Waals surface area contributed by atoms with Crippen molar-refractivity contribution >= 4 is 18.6 Å². The van der Waals surface area contributed by atoms with E-state index in [1.807, 2.05) is 0 Å². The monoisotopic (exact) mass is 200 g/mol. The first-order valence-corrected chi connectivity index (χ1v) is 5.43. The highest BCUT2D eigenvalue weighted by Gasteiger charge is 2.13. The van der Waals surface area contributed by atoms with Crippen LogP contribution in [-0.4, -0.2) is 6.61 Å². The van der Waals surface area contributed by atoms with Crippen LogP contribution in [0.1, 0.15) is 6.92 Å². The fourth-order valence-electron chi connectivity index (χ4n) is 0.976. The maximum atomic E-state index is 11.4. The Kier molecular flexibility index (Phi) is 3.09. The summed E-state index contributed by atoms with van der Waals surface area (Å²) in [6.07, 6.45) is 0. The summed E-state index contributed by atoms with van der Waals surface area (Å²) in [6, 6.07) is 6.23. The number of hydrogen-bond acceptors (Lipinski definition) is 4. The minimum atomic E-state index is -3.96. The van der Waals surface area contributed by atoms with Crippen LogP contribution in [0.15, 0.2) is 24.3 Å². The Morgan fingerprint density at radius 1 is 1.54 bits per heavy atom. The molecule has 4 nitrogen and oxygen atoms in total. The average molecular weight is 200 g/mol. The molecule has 1 aromatic carbocycles. The molecule has 0 saturated carbocycles. The molecule has 0 saturated heterocycles. The van der Waals surface area contributed by atoms with E-state index in [0.29, 0.717) is 0 Å². The van der Waals surface area contributed by atoms with Gasteiger partial charge in [0.1, 0.15) is 0 Å². The molecule has 1 rings (SSSR count). The van der Waals surface area contributed by atoms with Gasteiger partial charge < -0.3 is 19.7 Å². The summed E-state index contributed by atoms with van der Waals surface area (Å²) in [5.41, 5.74) is 5.70. The van der Waals surface area contributed by atoms with Crippen molar-refractivity contribution in [1.29, 1.82) is 0 Å². The first kappa shape index (κ1) is 10.3. The highest BCUT2D eigenvalue weighted by Crippen LogP contribution is 2.37. The maximum Gasteiger partial charge on any atom is 0.167 e. The van der Waals surface area contributed by atoms with E-state index in [2.05, 4.69) is 4.52 Å². The lowest BCUT2D eigenvalue weighted by Gasteiger charge is -2.23. The van der Waals surface area contributed by atoms with E-state index in [0.717, 1.165) is 0 Å². The second kappa shape index (κ2) is 3.92. The summed E-state index contributed by atoms with van der Waals surface area (Å²) < 4.78 is 16.0. The van der Waals surface area contributed by atoms with Crippen LogP contribution >= 0.6 is 7.60 Å². The van der Waals surface area contributed by atoms with Gasteiger partial charge in [-0.15, -0.1) is 0 Å². The number of anilines is 1. The lowest BCUT2D eigenvalue weighted by Crippen LogP contribution is -2.20. The van der Waals surface area contributed by atoms with Crippen LogP contribution < -0.4 is 15.9 Å². The molecule has 5 heteroatoms. The Labute approximate surface area is 76.9 Å². The Hall–Kier alpha value is -0.830. The Bertz CT molecular complexity index is 340. The van der Waals surface area contributed by atoms with E-state index in [1.165, 1.54) is 12.1 Å². The summed E-state index contributed by atoms with van der Waals surface area (Å²) in [5, 5.41) is 0.0526. The van der Waals surface area contributed by atoms with Crippen LogP contribution in [0.25, 0.3) is 0 Å². The molecule has 0 radical (unpaired) electrons. The number of rotatable bonds is 3. The molecule has 72 valence electrons. The van der Waals surface area contributed by atoms with Crippen LogP contribution in [-0.2, 0) is 9.09 Å². The first-order valence-electron chi connectivity index (χ1n) is 3.88. The van der Waals surface area contributed by atoms with Crippen molar-refractivity contribution in [2.24, 2.45) is 0 Å². The molecule has 0 fully saturated rings. The van der Waals surface area contributed by atoms with E-state index >= 15 is 0 Å². The lowest BCUT2D eigenvalue weighted by molar-refractivity contribution is -0.193. The van der Waals surface area contributed by atoms with Gasteiger partial charge in [-0.25, -0.2) is 0 Å². The standard InChI is InChI=1S/C8H12NO3P/c1-2-12-13(10,11)8-6-4-3-5-7(8)9/h3-6H,2,9H2,1H3,(H,10,11)/p-1. The van der Waals surface area contributed by atoms with Crippen LogP contribution in [0.5, 0.6) is 0 Å². The Balaban J connectivity index is 3.07. The molecule has 13 heavy (non-hydrogen) atoms. The normalized spacial score (nSPS) is 15.2. The lowest BCUT2D eigenvalue weighted by atomic mass is 10.3. The van der Waals surface area contributed by atoms with Crippen molar-refractivity contribution < 1.29 is 14.0 Å². The molecule has 0 bridgehead atoms. The average Bonchev–Trinajstić information content (AvgIpc) is 2.04. The van der Waals surface area contributed by atoms with E-state index < -0.39 is 7.60 Å². The number of para-hydroxylation sites is 1. The Morgan fingerprint density at radius 3 is 2.69 bits per heavy atom. The first-order chi connectivity index (χ1) is 6.08. The summed E-state index contributed by atoms with van der Waals surface area (Å²) >= 11 is 0. The number of nitrogen functional groups attached to an aromatic ring is 1. The second-order valence-corrected chi connectivity index (χ2v) is 4.21. The molecule has 0 aliphatic rings. The van der Waals surface area contributed by atoms with Gasteiger partial charge in [0.15, 0.2) is 7.60 Å². The number of benzene rings is 1. The van der Waals surface area contributed by atoms with Crippen molar-refractivity contribution in [3.8, 4) is 0 Å². The highest BCUT2D eigenvalue weighted by atomic mass is 31.2. The van der Waals surface area contributed by atoms with Gasteiger partial charge in [0.05, 0.1) is 6.61 Å². The fraction of sp³-hybridized carbons (Fsp3) is 0.250. The maximum absolute atomic E-state index is 11.4. The van der Waals surface area contributed by atoms with Crippen LogP contribution in [0.3, 0.4) is 0 Å². The molecule has 1 unspecified atom stereocenters. The molecule has 0 aliphatic heterocycles. The summed E-state index contributed by atoms with van der Waals surface area (Å²) in [5.74, 6) is 0. The minimum Gasteiger partial charge on any atom is -0.775 e. The van der Waals surface area contributed by atoms with Gasteiger partial charge in [0.2, 0.25) is 0 Å². The van der Waals surface area contributed by atoms with Gasteiger partial charge in [-0.3, -0.25) is 0 Å². The fourth-order valence-corrected chi connectivity index (χ4v) is 2.11. The van der Waals surface area contributed by atoms with Gasteiger partial charge in [0.25, 0.3) is 0 Å². The van der Waals surface area contributed by atoms with Gasteiger partial charge in [-0.05, 0) is 19.1 Å². The van der Waals surface area contributed by atoms with E-state index in [9.17, 15) is 9.46 Å². The zero-order valence-corrected chi connectivity index (χ0v) is 8.16. The van der Waals surface area contributed by atoms with Gasteiger partial charge in [0, 0.05) is 11.0 Å². The van der Waals surface area contributed by atoms with Crippen molar-refractivity contribution in [2.45, 2.75) is 6.92 Å². The minimum absolute atomic E-state index is 0.0526. The predicted molar refractivity (Wildman–Crippen MR) is 49.7 cm³/mol.